The van der Waals surface area contributed by atoms with Gasteiger partial charge in [-0.1, -0.05) is 109 Å². The Bertz CT molecular complexity index is 2100. The molecule has 0 bridgehead atoms. The summed E-state index contributed by atoms with van der Waals surface area (Å²) < 4.78 is 3.66. The minimum Gasteiger partial charge on any atom is -0.365 e. The lowest BCUT2D eigenvalue weighted by Gasteiger charge is -2.33. The molecule has 5 aromatic rings. The van der Waals surface area contributed by atoms with E-state index in [9.17, 15) is 19.5 Å². The molecule has 1 atom stereocenters. The number of aliphatic hydroxyl groups is 1. The van der Waals surface area contributed by atoms with Crippen molar-refractivity contribution in [3.8, 4) is 0 Å². The number of hydrogen-bond acceptors (Lipinski definition) is 4. The third kappa shape index (κ3) is 7.91. The van der Waals surface area contributed by atoms with E-state index in [1.165, 1.54) is 14.7 Å². The van der Waals surface area contributed by atoms with E-state index in [-0.39, 0.29) is 36.5 Å². The number of rotatable bonds is 5. The molecule has 0 spiro atoms. The molecule has 7 rings (SSSR count). The molecule has 2 heterocycles. The topological polar surface area (TPSA) is 84.4 Å². The summed E-state index contributed by atoms with van der Waals surface area (Å²) in [5.74, 6) is -0.231. The molecule has 5 amide bonds. The van der Waals surface area contributed by atoms with Gasteiger partial charge in [-0.3, -0.25) is 19.5 Å². The van der Waals surface area contributed by atoms with E-state index in [2.05, 4.69) is 90.6 Å². The van der Waals surface area contributed by atoms with Crippen LogP contribution in [-0.2, 0) is 15.9 Å². The van der Waals surface area contributed by atoms with Crippen molar-refractivity contribution >= 4 is 104 Å². The molecule has 0 aromatic heterocycles. The second-order valence-electron chi connectivity index (χ2n) is 13.4. The van der Waals surface area contributed by atoms with E-state index in [4.69, 9.17) is 0 Å². The molecule has 5 aromatic carbocycles. The molecule has 52 heavy (non-hydrogen) atoms. The van der Waals surface area contributed by atoms with Gasteiger partial charge in [0.15, 0.2) is 5.72 Å². The SMILES string of the molecule is CC(C)(C)c1cccc(C2(O)CN(c3ccc(Br)cc3)C(=O)N2c2ccc(Br)cc2)c1.O=C1CN(c2ccc(Br)cc2)C(=O)N1c1ccc(Br)cc1. The Morgan fingerprint density at radius 3 is 1.50 bits per heavy atom. The van der Waals surface area contributed by atoms with Crippen molar-refractivity contribution in [1.82, 2.24) is 0 Å². The molecule has 0 radical (unpaired) electrons. The lowest BCUT2D eigenvalue weighted by Crippen LogP contribution is -2.45. The number of imide groups is 1. The largest absolute Gasteiger partial charge is 0.365 e. The quantitative estimate of drug-likeness (QED) is 0.178. The summed E-state index contributed by atoms with van der Waals surface area (Å²) in [6, 6.07) is 36.6. The van der Waals surface area contributed by atoms with Crippen LogP contribution in [0.2, 0.25) is 0 Å². The highest BCUT2D eigenvalue weighted by atomic mass is 79.9. The first kappa shape index (κ1) is 37.9. The Labute approximate surface area is 336 Å². The van der Waals surface area contributed by atoms with Crippen LogP contribution >= 0.6 is 63.7 Å². The fourth-order valence-electron chi connectivity index (χ4n) is 6.00. The van der Waals surface area contributed by atoms with Gasteiger partial charge in [0.2, 0.25) is 0 Å². The van der Waals surface area contributed by atoms with Crippen molar-refractivity contribution in [2.45, 2.75) is 31.9 Å². The molecular formula is C40H34Br4N4O4. The number of β-amino-alcohol motifs (C(OH)–C–C–N with tert-alkyl or cyclic N) is 1. The minimum absolute atomic E-state index is 0.0521. The predicted molar refractivity (Wildman–Crippen MR) is 221 cm³/mol. The first-order chi connectivity index (χ1) is 24.7. The summed E-state index contributed by atoms with van der Waals surface area (Å²) in [6.07, 6.45) is 0. The van der Waals surface area contributed by atoms with E-state index < -0.39 is 5.72 Å². The lowest BCUT2D eigenvalue weighted by atomic mass is 9.85. The highest BCUT2D eigenvalue weighted by Gasteiger charge is 2.51. The van der Waals surface area contributed by atoms with Crippen LogP contribution in [0.1, 0.15) is 31.9 Å². The average molecular weight is 954 g/mol. The number of carbonyl (C=O) groups excluding carboxylic acids is 3. The number of carbonyl (C=O) groups is 3. The molecule has 2 aliphatic rings. The number of benzene rings is 5. The number of halogens is 4. The molecule has 266 valence electrons. The maximum atomic E-state index is 13.6. The zero-order valence-corrected chi connectivity index (χ0v) is 34.8. The average Bonchev–Trinajstić information content (AvgIpc) is 3.57. The molecule has 1 unspecified atom stereocenters. The molecule has 2 aliphatic heterocycles. The second-order valence-corrected chi connectivity index (χ2v) is 17.0. The van der Waals surface area contributed by atoms with Gasteiger partial charge in [0.1, 0.15) is 6.54 Å². The highest BCUT2D eigenvalue weighted by molar-refractivity contribution is 9.11. The molecule has 0 aliphatic carbocycles. The van der Waals surface area contributed by atoms with Crippen molar-refractivity contribution < 1.29 is 19.5 Å². The van der Waals surface area contributed by atoms with Crippen molar-refractivity contribution in [2.75, 3.05) is 32.7 Å². The van der Waals surface area contributed by atoms with Crippen molar-refractivity contribution in [3.05, 3.63) is 150 Å². The zero-order chi connectivity index (χ0) is 37.4. The summed E-state index contributed by atoms with van der Waals surface area (Å²) in [7, 11) is 0. The summed E-state index contributed by atoms with van der Waals surface area (Å²) in [6.45, 7) is 6.58. The summed E-state index contributed by atoms with van der Waals surface area (Å²) in [5, 5.41) is 12.0. The fourth-order valence-corrected chi connectivity index (χ4v) is 7.06. The molecule has 8 nitrogen and oxygen atoms in total. The van der Waals surface area contributed by atoms with E-state index in [0.717, 1.165) is 29.1 Å². The van der Waals surface area contributed by atoms with Crippen LogP contribution in [-0.4, -0.2) is 36.2 Å². The first-order valence-electron chi connectivity index (χ1n) is 16.3. The van der Waals surface area contributed by atoms with Gasteiger partial charge in [0.25, 0.3) is 5.91 Å². The van der Waals surface area contributed by atoms with Crippen LogP contribution in [0, 0.1) is 0 Å². The van der Waals surface area contributed by atoms with Crippen molar-refractivity contribution in [3.63, 3.8) is 0 Å². The van der Waals surface area contributed by atoms with Gasteiger partial charge < -0.3 is 5.11 Å². The van der Waals surface area contributed by atoms with Gasteiger partial charge in [-0.25, -0.2) is 14.5 Å². The molecule has 2 fully saturated rings. The van der Waals surface area contributed by atoms with Gasteiger partial charge >= 0.3 is 12.1 Å². The van der Waals surface area contributed by atoms with E-state index in [0.29, 0.717) is 22.6 Å². The van der Waals surface area contributed by atoms with E-state index in [1.54, 1.807) is 41.3 Å². The number of amides is 5. The Morgan fingerprint density at radius 1 is 0.577 bits per heavy atom. The molecular weight excluding hydrogens is 920 g/mol. The number of nitrogens with zero attached hydrogens (tertiary/aromatic N) is 4. The molecule has 1 N–H and O–H groups in total. The van der Waals surface area contributed by atoms with Gasteiger partial charge in [-0.2, -0.15) is 0 Å². The van der Waals surface area contributed by atoms with Gasteiger partial charge in [0, 0.05) is 40.5 Å². The molecule has 2 saturated heterocycles. The Morgan fingerprint density at radius 2 is 1.02 bits per heavy atom. The smallest absolute Gasteiger partial charge is 0.336 e. The summed E-state index contributed by atoms with van der Waals surface area (Å²) in [4.78, 5) is 44.1. The standard InChI is InChI=1S/C25H24Br2N2O2.C15H10Br2N2O2/c1-24(2,3)17-5-4-6-18(15-17)25(31)16-28(21-11-7-19(26)8-12-21)23(30)29(25)22-13-9-20(27)10-14-22;16-10-1-5-12(6-2-10)18-9-14(20)19(15(18)21)13-7-3-11(17)4-8-13/h4-15,31H,16H2,1-3H3;1-8H,9H2. The Hall–Kier alpha value is -3.81. The zero-order valence-electron chi connectivity index (χ0n) is 28.4. The number of urea groups is 2. The maximum absolute atomic E-state index is 13.6. The predicted octanol–water partition coefficient (Wildman–Crippen LogP) is 11.0. The van der Waals surface area contributed by atoms with Crippen LogP contribution in [0.25, 0.3) is 0 Å². The van der Waals surface area contributed by atoms with Gasteiger partial charge in [-0.05, 0) is 108 Å². The van der Waals surface area contributed by atoms with Crippen molar-refractivity contribution in [2.24, 2.45) is 0 Å². The van der Waals surface area contributed by atoms with E-state index in [1.807, 2.05) is 78.9 Å². The van der Waals surface area contributed by atoms with Crippen molar-refractivity contribution in [1.29, 1.82) is 0 Å². The highest BCUT2D eigenvalue weighted by Crippen LogP contribution is 2.41. The number of hydrogen-bond donors (Lipinski definition) is 1. The third-order valence-corrected chi connectivity index (χ3v) is 10.9. The third-order valence-electron chi connectivity index (χ3n) is 8.77. The van der Waals surface area contributed by atoms with Crippen LogP contribution in [0.3, 0.4) is 0 Å². The number of anilines is 4. The molecule has 12 heteroatoms. The minimum atomic E-state index is -1.51. The Balaban J connectivity index is 0.000000192. The van der Waals surface area contributed by atoms with Gasteiger partial charge in [0.05, 0.1) is 12.2 Å². The fraction of sp³-hybridized carbons (Fsp3) is 0.175. The first-order valence-corrected chi connectivity index (χ1v) is 19.4. The normalized spacial score (nSPS) is 17.5. The van der Waals surface area contributed by atoms with Gasteiger partial charge in [-0.15, -0.1) is 0 Å². The van der Waals surface area contributed by atoms with Crippen LogP contribution in [0.15, 0.2) is 139 Å². The lowest BCUT2D eigenvalue weighted by molar-refractivity contribution is -0.115. The van der Waals surface area contributed by atoms with Crippen LogP contribution in [0.4, 0.5) is 32.3 Å². The second kappa shape index (κ2) is 15.3. The molecule has 0 saturated carbocycles. The maximum Gasteiger partial charge on any atom is 0.336 e. The van der Waals surface area contributed by atoms with Crippen LogP contribution < -0.4 is 19.6 Å². The summed E-state index contributed by atoms with van der Waals surface area (Å²) >= 11 is 13.6. The van der Waals surface area contributed by atoms with E-state index >= 15 is 0 Å². The monoisotopic (exact) mass is 950 g/mol. The Kier molecular flexibility index (Phi) is 11.1. The summed E-state index contributed by atoms with van der Waals surface area (Å²) in [5.41, 5.74) is 2.85. The van der Waals surface area contributed by atoms with Crippen LogP contribution in [0.5, 0.6) is 0 Å².